The number of hydrogen-bond donors (Lipinski definition) is 1. The number of anilines is 2. The molecule has 0 aliphatic carbocycles. The maximum atomic E-state index is 12.6. The summed E-state index contributed by atoms with van der Waals surface area (Å²) in [7, 11) is -2.06. The molecule has 0 amide bonds. The molecule has 20 heavy (non-hydrogen) atoms. The number of para-hydroxylation sites is 1. The average molecular weight is 290 g/mol. The summed E-state index contributed by atoms with van der Waals surface area (Å²) in [5, 5.41) is 0. The van der Waals surface area contributed by atoms with Gasteiger partial charge in [-0.15, -0.1) is 0 Å². The van der Waals surface area contributed by atoms with Gasteiger partial charge < -0.3 is 5.73 Å². The van der Waals surface area contributed by atoms with Crippen LogP contribution in [0.15, 0.2) is 47.4 Å². The third-order valence-corrected chi connectivity index (χ3v) is 5.22. The van der Waals surface area contributed by atoms with Gasteiger partial charge in [-0.3, -0.25) is 4.31 Å². The van der Waals surface area contributed by atoms with E-state index in [0.29, 0.717) is 11.4 Å². The van der Waals surface area contributed by atoms with E-state index in [-0.39, 0.29) is 4.90 Å². The van der Waals surface area contributed by atoms with E-state index in [1.807, 2.05) is 19.9 Å². The van der Waals surface area contributed by atoms with E-state index in [1.54, 1.807) is 30.3 Å². The van der Waals surface area contributed by atoms with Crippen LogP contribution in [0.4, 0.5) is 11.4 Å². The molecule has 2 rings (SSSR count). The smallest absolute Gasteiger partial charge is 0.264 e. The van der Waals surface area contributed by atoms with Gasteiger partial charge >= 0.3 is 0 Å². The van der Waals surface area contributed by atoms with Gasteiger partial charge in [-0.25, -0.2) is 8.42 Å². The van der Waals surface area contributed by atoms with Gasteiger partial charge in [-0.1, -0.05) is 18.2 Å². The molecule has 0 bridgehead atoms. The number of hydrogen-bond acceptors (Lipinski definition) is 3. The minimum Gasteiger partial charge on any atom is -0.398 e. The fourth-order valence-corrected chi connectivity index (χ4v) is 3.25. The van der Waals surface area contributed by atoms with Gasteiger partial charge in [0.2, 0.25) is 0 Å². The van der Waals surface area contributed by atoms with E-state index in [9.17, 15) is 8.42 Å². The van der Waals surface area contributed by atoms with Crippen molar-refractivity contribution in [2.45, 2.75) is 18.7 Å². The summed E-state index contributed by atoms with van der Waals surface area (Å²) >= 11 is 0. The van der Waals surface area contributed by atoms with E-state index >= 15 is 0 Å². The highest BCUT2D eigenvalue weighted by atomic mass is 32.2. The van der Waals surface area contributed by atoms with E-state index < -0.39 is 10.0 Å². The fraction of sp³-hybridized carbons (Fsp3) is 0.200. The summed E-state index contributed by atoms with van der Waals surface area (Å²) in [6, 6.07) is 12.1. The van der Waals surface area contributed by atoms with Crippen LogP contribution in [-0.4, -0.2) is 15.5 Å². The van der Waals surface area contributed by atoms with Crippen LogP contribution < -0.4 is 10.0 Å². The van der Waals surface area contributed by atoms with Crippen molar-refractivity contribution in [3.05, 3.63) is 53.6 Å². The van der Waals surface area contributed by atoms with Gasteiger partial charge in [0, 0.05) is 12.7 Å². The number of benzene rings is 2. The van der Waals surface area contributed by atoms with Crippen LogP contribution in [0.1, 0.15) is 11.1 Å². The zero-order chi connectivity index (χ0) is 14.9. The summed E-state index contributed by atoms with van der Waals surface area (Å²) in [5.41, 5.74) is 8.75. The predicted molar refractivity (Wildman–Crippen MR) is 82.4 cm³/mol. The summed E-state index contributed by atoms with van der Waals surface area (Å²) in [4.78, 5) is 0.212. The molecular weight excluding hydrogens is 272 g/mol. The van der Waals surface area contributed by atoms with Crippen LogP contribution in [0.3, 0.4) is 0 Å². The van der Waals surface area contributed by atoms with Gasteiger partial charge in [-0.05, 0) is 49.2 Å². The molecular formula is C15H18N2O2S. The molecule has 0 aromatic heterocycles. The first kappa shape index (κ1) is 14.4. The average Bonchev–Trinajstić information content (AvgIpc) is 2.44. The lowest BCUT2D eigenvalue weighted by Gasteiger charge is -2.20. The Hall–Kier alpha value is -2.01. The fourth-order valence-electron chi connectivity index (χ4n) is 1.94. The number of nitrogens with zero attached hydrogens (tertiary/aromatic N) is 1. The molecule has 106 valence electrons. The van der Waals surface area contributed by atoms with Gasteiger partial charge in [0.15, 0.2) is 0 Å². The van der Waals surface area contributed by atoms with Crippen molar-refractivity contribution in [1.82, 2.24) is 0 Å². The molecule has 0 heterocycles. The highest BCUT2D eigenvalue weighted by Gasteiger charge is 2.22. The lowest BCUT2D eigenvalue weighted by atomic mass is 10.1. The number of nitrogens with two attached hydrogens (primary N) is 1. The van der Waals surface area contributed by atoms with Crippen LogP contribution in [0, 0.1) is 13.8 Å². The molecule has 2 N–H and O–H groups in total. The van der Waals surface area contributed by atoms with Crippen molar-refractivity contribution >= 4 is 21.4 Å². The Morgan fingerprint density at radius 1 is 1.05 bits per heavy atom. The van der Waals surface area contributed by atoms with Crippen LogP contribution in [0.25, 0.3) is 0 Å². The summed E-state index contributed by atoms with van der Waals surface area (Å²) in [6.07, 6.45) is 0. The molecule has 0 aliphatic heterocycles. The zero-order valence-electron chi connectivity index (χ0n) is 11.8. The molecule has 0 aliphatic rings. The monoisotopic (exact) mass is 290 g/mol. The van der Waals surface area contributed by atoms with E-state index in [1.165, 1.54) is 17.4 Å². The first-order chi connectivity index (χ1) is 9.34. The molecule has 2 aromatic carbocycles. The maximum Gasteiger partial charge on any atom is 0.264 e. The van der Waals surface area contributed by atoms with Crippen molar-refractivity contribution in [2.24, 2.45) is 0 Å². The molecule has 0 spiro atoms. The number of rotatable bonds is 3. The summed E-state index contributed by atoms with van der Waals surface area (Å²) in [5.74, 6) is 0. The third-order valence-electron chi connectivity index (χ3n) is 3.46. The van der Waals surface area contributed by atoms with Gasteiger partial charge in [-0.2, -0.15) is 0 Å². The topological polar surface area (TPSA) is 63.4 Å². The minimum absolute atomic E-state index is 0.212. The Morgan fingerprint density at radius 2 is 1.65 bits per heavy atom. The van der Waals surface area contributed by atoms with Crippen LogP contribution in [0.5, 0.6) is 0 Å². The summed E-state index contributed by atoms with van der Waals surface area (Å²) in [6.45, 7) is 3.73. The van der Waals surface area contributed by atoms with Gasteiger partial charge in [0.05, 0.1) is 10.6 Å². The van der Waals surface area contributed by atoms with Crippen molar-refractivity contribution in [3.8, 4) is 0 Å². The Bertz CT molecular complexity index is 702. The SMILES string of the molecule is Cc1cc(S(=O)(=O)N(C)c2ccccc2)cc(N)c1C. The number of nitrogen functional groups attached to an aromatic ring is 1. The molecule has 0 saturated heterocycles. The van der Waals surface area contributed by atoms with Crippen molar-refractivity contribution in [2.75, 3.05) is 17.1 Å². The van der Waals surface area contributed by atoms with Crippen molar-refractivity contribution < 1.29 is 8.42 Å². The molecule has 0 unspecified atom stereocenters. The lowest BCUT2D eigenvalue weighted by molar-refractivity contribution is 0.594. The molecule has 4 nitrogen and oxygen atoms in total. The second-order valence-corrected chi connectivity index (χ2v) is 6.73. The summed E-state index contributed by atoms with van der Waals surface area (Å²) < 4.78 is 26.5. The molecule has 0 saturated carbocycles. The Labute approximate surface area is 119 Å². The normalized spacial score (nSPS) is 11.3. The molecule has 0 fully saturated rings. The largest absolute Gasteiger partial charge is 0.398 e. The van der Waals surface area contributed by atoms with E-state index in [0.717, 1.165) is 11.1 Å². The minimum atomic E-state index is -3.60. The maximum absolute atomic E-state index is 12.6. The number of sulfonamides is 1. The lowest BCUT2D eigenvalue weighted by Crippen LogP contribution is -2.26. The first-order valence-corrected chi connectivity index (χ1v) is 7.68. The zero-order valence-corrected chi connectivity index (χ0v) is 12.6. The second-order valence-electron chi connectivity index (χ2n) is 4.76. The van der Waals surface area contributed by atoms with Gasteiger partial charge in [0.25, 0.3) is 10.0 Å². The standard InChI is InChI=1S/C15H18N2O2S/c1-11-9-14(10-15(16)12(11)2)20(18,19)17(3)13-7-5-4-6-8-13/h4-10H,16H2,1-3H3. The molecule has 0 atom stereocenters. The Morgan fingerprint density at radius 3 is 2.20 bits per heavy atom. The van der Waals surface area contributed by atoms with E-state index in [4.69, 9.17) is 5.73 Å². The van der Waals surface area contributed by atoms with Crippen molar-refractivity contribution in [3.63, 3.8) is 0 Å². The second kappa shape index (κ2) is 5.17. The van der Waals surface area contributed by atoms with E-state index in [2.05, 4.69) is 0 Å². The first-order valence-electron chi connectivity index (χ1n) is 6.24. The van der Waals surface area contributed by atoms with Crippen LogP contribution >= 0.6 is 0 Å². The third kappa shape index (κ3) is 2.49. The Balaban J connectivity index is 2.51. The number of aryl methyl sites for hydroxylation is 1. The molecule has 0 radical (unpaired) electrons. The Kier molecular flexibility index (Phi) is 3.72. The van der Waals surface area contributed by atoms with Gasteiger partial charge in [0.1, 0.15) is 0 Å². The van der Waals surface area contributed by atoms with Crippen LogP contribution in [-0.2, 0) is 10.0 Å². The molecule has 5 heteroatoms. The quantitative estimate of drug-likeness (QED) is 0.884. The predicted octanol–water partition coefficient (Wildman–Crippen LogP) is 2.71. The molecule has 2 aromatic rings. The highest BCUT2D eigenvalue weighted by molar-refractivity contribution is 7.92. The highest BCUT2D eigenvalue weighted by Crippen LogP contribution is 2.26. The van der Waals surface area contributed by atoms with Crippen molar-refractivity contribution in [1.29, 1.82) is 0 Å². The van der Waals surface area contributed by atoms with Crippen LogP contribution in [0.2, 0.25) is 0 Å².